The first-order valence-corrected chi connectivity index (χ1v) is 11.7. The van der Waals surface area contributed by atoms with Crippen LogP contribution in [-0.2, 0) is 33.9 Å². The van der Waals surface area contributed by atoms with Gasteiger partial charge in [0.25, 0.3) is 0 Å². The molecule has 182 valence electrons. The molecule has 0 bridgehead atoms. The zero-order valence-electron chi connectivity index (χ0n) is 19.8. The van der Waals surface area contributed by atoms with Crippen molar-refractivity contribution in [3.05, 3.63) is 102 Å². The van der Waals surface area contributed by atoms with E-state index in [0.717, 1.165) is 23.1 Å². The Morgan fingerprint density at radius 2 is 1.43 bits per heavy atom. The van der Waals surface area contributed by atoms with Crippen molar-refractivity contribution in [1.29, 1.82) is 0 Å². The number of nitrogens with one attached hydrogen (secondary N) is 3. The van der Waals surface area contributed by atoms with Crippen LogP contribution in [0.3, 0.4) is 0 Å². The molecule has 3 aromatic carbocycles. The van der Waals surface area contributed by atoms with E-state index in [1.54, 1.807) is 12.1 Å². The molecular formula is C28H31N3O4. The Morgan fingerprint density at radius 3 is 2.06 bits per heavy atom. The lowest BCUT2D eigenvalue weighted by atomic mass is 10.1. The highest BCUT2D eigenvalue weighted by Crippen LogP contribution is 2.11. The lowest BCUT2D eigenvalue weighted by Gasteiger charge is -2.19. The van der Waals surface area contributed by atoms with Crippen molar-refractivity contribution in [3.63, 3.8) is 0 Å². The maximum Gasteiger partial charge on any atom is 0.408 e. The van der Waals surface area contributed by atoms with E-state index in [-0.39, 0.29) is 25.0 Å². The number of amides is 3. The minimum Gasteiger partial charge on any atom is -0.445 e. The van der Waals surface area contributed by atoms with Crippen LogP contribution < -0.4 is 16.0 Å². The third-order valence-electron chi connectivity index (χ3n) is 5.29. The third kappa shape index (κ3) is 8.97. The quantitative estimate of drug-likeness (QED) is 0.380. The molecule has 7 heteroatoms. The first kappa shape index (κ1) is 25.5. The highest BCUT2D eigenvalue weighted by atomic mass is 16.5. The lowest BCUT2D eigenvalue weighted by Crippen LogP contribution is -2.48. The van der Waals surface area contributed by atoms with Crippen LogP contribution in [0.4, 0.5) is 10.5 Å². The monoisotopic (exact) mass is 473 g/mol. The summed E-state index contributed by atoms with van der Waals surface area (Å²) in [5.41, 5.74) is 3.37. The van der Waals surface area contributed by atoms with Crippen molar-refractivity contribution >= 4 is 23.6 Å². The average Bonchev–Trinajstić information content (AvgIpc) is 2.88. The minimum atomic E-state index is -0.798. The number of hydrogen-bond acceptors (Lipinski definition) is 4. The minimum absolute atomic E-state index is 0.0254. The predicted octanol–water partition coefficient (Wildman–Crippen LogP) is 4.58. The van der Waals surface area contributed by atoms with Gasteiger partial charge in [0.05, 0.1) is 0 Å². The van der Waals surface area contributed by atoms with Gasteiger partial charge in [0.2, 0.25) is 11.8 Å². The van der Waals surface area contributed by atoms with Gasteiger partial charge < -0.3 is 20.7 Å². The van der Waals surface area contributed by atoms with Crippen molar-refractivity contribution in [1.82, 2.24) is 10.6 Å². The van der Waals surface area contributed by atoms with E-state index in [0.29, 0.717) is 18.5 Å². The Hall–Kier alpha value is -4.13. The molecule has 7 nitrogen and oxygen atoms in total. The number of ether oxygens (including phenoxy) is 1. The molecule has 35 heavy (non-hydrogen) atoms. The molecule has 0 spiro atoms. The van der Waals surface area contributed by atoms with Crippen LogP contribution in [0.15, 0.2) is 84.9 Å². The summed E-state index contributed by atoms with van der Waals surface area (Å²) in [4.78, 5) is 37.1. The molecule has 0 saturated heterocycles. The average molecular weight is 474 g/mol. The summed E-state index contributed by atoms with van der Waals surface area (Å²) in [6, 6.07) is 25.3. The summed E-state index contributed by atoms with van der Waals surface area (Å²) in [6.07, 6.45) is 0.933. The van der Waals surface area contributed by atoms with Gasteiger partial charge in [-0.25, -0.2) is 4.79 Å². The summed E-state index contributed by atoms with van der Waals surface area (Å²) < 4.78 is 5.31. The molecule has 0 aliphatic rings. The summed E-state index contributed by atoms with van der Waals surface area (Å²) >= 11 is 0. The summed E-state index contributed by atoms with van der Waals surface area (Å²) in [5, 5.41) is 8.41. The SMILES string of the molecule is CCCC(=O)Nc1ccc(CNC(=O)C(Cc2ccccc2)NC(=O)OCc2ccccc2)cc1. The number of carbonyl (C=O) groups is 3. The molecule has 3 rings (SSSR count). The number of carbonyl (C=O) groups excluding carboxylic acids is 3. The lowest BCUT2D eigenvalue weighted by molar-refractivity contribution is -0.123. The molecule has 1 unspecified atom stereocenters. The van der Waals surface area contributed by atoms with Crippen LogP contribution >= 0.6 is 0 Å². The van der Waals surface area contributed by atoms with Crippen LogP contribution in [0.5, 0.6) is 0 Å². The topological polar surface area (TPSA) is 96.5 Å². The van der Waals surface area contributed by atoms with Crippen LogP contribution in [0.1, 0.15) is 36.5 Å². The van der Waals surface area contributed by atoms with E-state index in [4.69, 9.17) is 4.74 Å². The zero-order valence-corrected chi connectivity index (χ0v) is 19.8. The number of hydrogen-bond donors (Lipinski definition) is 3. The summed E-state index contributed by atoms with van der Waals surface area (Å²) in [7, 11) is 0. The maximum absolute atomic E-state index is 13.0. The molecule has 3 amide bonds. The predicted molar refractivity (Wildman–Crippen MR) is 136 cm³/mol. The molecule has 3 N–H and O–H groups in total. The summed E-state index contributed by atoms with van der Waals surface area (Å²) in [6.45, 7) is 2.36. The Labute approximate surface area is 205 Å². The van der Waals surface area contributed by atoms with Crippen LogP contribution in [0.2, 0.25) is 0 Å². The van der Waals surface area contributed by atoms with E-state index in [9.17, 15) is 14.4 Å². The van der Waals surface area contributed by atoms with Gasteiger partial charge in [0.15, 0.2) is 0 Å². The maximum atomic E-state index is 13.0. The fourth-order valence-corrected chi connectivity index (χ4v) is 3.43. The van der Waals surface area contributed by atoms with Gasteiger partial charge in [-0.15, -0.1) is 0 Å². The fourth-order valence-electron chi connectivity index (χ4n) is 3.43. The molecule has 0 fully saturated rings. The van der Waals surface area contributed by atoms with Gasteiger partial charge in [-0.2, -0.15) is 0 Å². The van der Waals surface area contributed by atoms with E-state index in [2.05, 4.69) is 16.0 Å². The second kappa shape index (κ2) is 13.5. The van der Waals surface area contributed by atoms with Crippen molar-refractivity contribution < 1.29 is 19.1 Å². The number of rotatable bonds is 11. The number of anilines is 1. The van der Waals surface area contributed by atoms with Crippen molar-refractivity contribution in [2.75, 3.05) is 5.32 Å². The normalized spacial score (nSPS) is 11.2. The molecule has 0 saturated carbocycles. The van der Waals surface area contributed by atoms with Gasteiger partial charge in [-0.05, 0) is 35.2 Å². The van der Waals surface area contributed by atoms with E-state index in [1.165, 1.54) is 0 Å². The van der Waals surface area contributed by atoms with Gasteiger partial charge in [-0.3, -0.25) is 9.59 Å². The standard InChI is InChI=1S/C28H31N3O4/c1-2-9-26(32)30-24-16-14-22(15-17-24)19-29-27(33)25(18-21-10-5-3-6-11-21)31-28(34)35-20-23-12-7-4-8-13-23/h3-8,10-17,25H,2,9,18-20H2,1H3,(H,29,33)(H,30,32)(H,31,34). The Morgan fingerprint density at radius 1 is 0.800 bits per heavy atom. The van der Waals surface area contributed by atoms with Gasteiger partial charge >= 0.3 is 6.09 Å². The third-order valence-corrected chi connectivity index (χ3v) is 5.29. The number of benzene rings is 3. The van der Waals surface area contributed by atoms with Gasteiger partial charge in [-0.1, -0.05) is 79.7 Å². The second-order valence-corrected chi connectivity index (χ2v) is 8.16. The first-order chi connectivity index (χ1) is 17.0. The molecular weight excluding hydrogens is 442 g/mol. The van der Waals surface area contributed by atoms with Crippen LogP contribution in [0, 0.1) is 0 Å². The highest BCUT2D eigenvalue weighted by molar-refractivity contribution is 5.90. The van der Waals surface area contributed by atoms with E-state index in [1.807, 2.05) is 79.7 Å². The van der Waals surface area contributed by atoms with Crippen molar-refractivity contribution in [2.45, 2.75) is 45.4 Å². The molecule has 3 aromatic rings. The zero-order chi connectivity index (χ0) is 24.9. The Kier molecular flexibility index (Phi) is 9.87. The van der Waals surface area contributed by atoms with Gasteiger partial charge in [0, 0.05) is 25.1 Å². The van der Waals surface area contributed by atoms with Crippen LogP contribution in [0.25, 0.3) is 0 Å². The molecule has 0 aromatic heterocycles. The van der Waals surface area contributed by atoms with Crippen LogP contribution in [-0.4, -0.2) is 23.9 Å². The first-order valence-electron chi connectivity index (χ1n) is 11.7. The molecule has 1 atom stereocenters. The van der Waals surface area contributed by atoms with E-state index >= 15 is 0 Å². The van der Waals surface area contributed by atoms with Crippen molar-refractivity contribution in [3.8, 4) is 0 Å². The largest absolute Gasteiger partial charge is 0.445 e. The smallest absolute Gasteiger partial charge is 0.408 e. The Balaban J connectivity index is 1.57. The van der Waals surface area contributed by atoms with Crippen molar-refractivity contribution in [2.24, 2.45) is 0 Å². The van der Waals surface area contributed by atoms with Gasteiger partial charge in [0.1, 0.15) is 12.6 Å². The fraction of sp³-hybridized carbons (Fsp3) is 0.250. The Bertz CT molecular complexity index is 1090. The number of alkyl carbamates (subject to hydrolysis) is 1. The molecule has 0 heterocycles. The molecule has 0 aliphatic heterocycles. The molecule has 0 radical (unpaired) electrons. The summed E-state index contributed by atoms with van der Waals surface area (Å²) in [5.74, 6) is -0.339. The van der Waals surface area contributed by atoms with E-state index < -0.39 is 12.1 Å². The highest BCUT2D eigenvalue weighted by Gasteiger charge is 2.22. The molecule has 0 aliphatic carbocycles. The second-order valence-electron chi connectivity index (χ2n) is 8.16.